The number of nitrogen functional groups attached to an aromatic ring is 1. The number of ether oxygens (including phenoxy) is 1. The summed E-state index contributed by atoms with van der Waals surface area (Å²) in [6.45, 7) is 0.247. The molecule has 0 aliphatic heterocycles. The number of carbonyl (C=O) groups is 2. The van der Waals surface area contributed by atoms with E-state index in [0.717, 1.165) is 35.9 Å². The van der Waals surface area contributed by atoms with Crippen LogP contribution in [0, 0.1) is 0 Å². The molecule has 34 heavy (non-hydrogen) atoms. The van der Waals surface area contributed by atoms with Crippen LogP contribution in [0.4, 0.5) is 5.82 Å². The Labute approximate surface area is 203 Å². The Balaban J connectivity index is 0.00000324. The Morgan fingerprint density at radius 2 is 2.00 bits per heavy atom. The minimum atomic E-state index is -0.312. The molecule has 0 unspecified atom stereocenters. The number of hydrogen-bond acceptors (Lipinski definition) is 7. The molecule has 182 valence electrons. The molecule has 0 radical (unpaired) electrons. The van der Waals surface area contributed by atoms with E-state index in [9.17, 15) is 9.59 Å². The third kappa shape index (κ3) is 5.84. The van der Waals surface area contributed by atoms with Gasteiger partial charge in [-0.1, -0.05) is 32.8 Å². The molecule has 1 fully saturated rings. The fourth-order valence-corrected chi connectivity index (χ4v) is 5.14. The third-order valence-electron chi connectivity index (χ3n) is 5.77. The largest absolute Gasteiger partial charge is 0.489 e. The number of carbonyl (C=O) groups excluding carboxylic acids is 2. The molecule has 0 spiro atoms. The molecule has 1 aliphatic rings. The lowest BCUT2D eigenvalue weighted by Gasteiger charge is -2.22. The van der Waals surface area contributed by atoms with Crippen LogP contribution in [0.25, 0.3) is 10.1 Å². The predicted molar refractivity (Wildman–Crippen MR) is 135 cm³/mol. The van der Waals surface area contributed by atoms with Gasteiger partial charge in [0.25, 0.3) is 11.8 Å². The number of nitrogens with two attached hydrogens (primary N) is 1. The number of anilines is 1. The Hall–Kier alpha value is -3.17. The van der Waals surface area contributed by atoms with E-state index >= 15 is 0 Å². The molecule has 0 bridgehead atoms. The summed E-state index contributed by atoms with van der Waals surface area (Å²) in [7, 11) is 0. The first kappa shape index (κ1) is 25.5. The number of nitrogens with one attached hydrogen (secondary N) is 2. The highest BCUT2D eigenvalue weighted by Crippen LogP contribution is 2.33. The van der Waals surface area contributed by atoms with Gasteiger partial charge in [-0.2, -0.15) is 0 Å². The third-order valence-corrected chi connectivity index (χ3v) is 6.84. The maximum atomic E-state index is 12.7. The van der Waals surface area contributed by atoms with Crippen molar-refractivity contribution >= 4 is 39.1 Å². The summed E-state index contributed by atoms with van der Waals surface area (Å²) in [4.78, 5) is 29.2. The lowest BCUT2D eigenvalue weighted by Crippen LogP contribution is -2.36. The van der Waals surface area contributed by atoms with Crippen LogP contribution < -0.4 is 21.1 Å². The fraction of sp³-hybridized carbons (Fsp3) is 0.400. The molecule has 1 aromatic carbocycles. The van der Waals surface area contributed by atoms with E-state index in [1.165, 1.54) is 24.0 Å². The van der Waals surface area contributed by atoms with Crippen LogP contribution in [0.2, 0.25) is 0 Å². The van der Waals surface area contributed by atoms with E-state index < -0.39 is 0 Å². The average Bonchev–Trinajstić information content (AvgIpc) is 3.27. The summed E-state index contributed by atoms with van der Waals surface area (Å²) >= 11 is 1.39. The van der Waals surface area contributed by atoms with Gasteiger partial charge in [-0.3, -0.25) is 9.59 Å². The van der Waals surface area contributed by atoms with Crippen LogP contribution >= 0.6 is 11.3 Å². The van der Waals surface area contributed by atoms with Gasteiger partial charge in [0.1, 0.15) is 18.2 Å². The first-order chi connectivity index (χ1) is 16.1. The summed E-state index contributed by atoms with van der Waals surface area (Å²) in [5, 5.41) is 17.3. The highest BCUT2D eigenvalue weighted by molar-refractivity contribution is 7.17. The smallest absolute Gasteiger partial charge is 0.254 e. The van der Waals surface area contributed by atoms with Gasteiger partial charge in [-0.25, -0.2) is 4.98 Å². The highest BCUT2D eigenvalue weighted by atomic mass is 32.1. The van der Waals surface area contributed by atoms with Crippen molar-refractivity contribution in [1.29, 1.82) is 0 Å². The van der Waals surface area contributed by atoms with Crippen molar-refractivity contribution in [3.05, 3.63) is 52.5 Å². The highest BCUT2D eigenvalue weighted by Gasteiger charge is 2.19. The molecular weight excluding hydrogens is 452 g/mol. The topological polar surface area (TPSA) is 127 Å². The van der Waals surface area contributed by atoms with Gasteiger partial charge in [-0.05, 0) is 36.4 Å². The maximum absolute atomic E-state index is 12.7. The number of amides is 2. The van der Waals surface area contributed by atoms with Crippen LogP contribution in [-0.2, 0) is 6.61 Å². The number of nitrogens with zero attached hydrogens (tertiary/aromatic N) is 1. The zero-order chi connectivity index (χ0) is 23.2. The summed E-state index contributed by atoms with van der Waals surface area (Å²) < 4.78 is 6.69. The van der Waals surface area contributed by atoms with E-state index in [1.807, 2.05) is 5.38 Å². The molecule has 5 N–H and O–H groups in total. The van der Waals surface area contributed by atoms with Crippen molar-refractivity contribution in [2.75, 3.05) is 18.9 Å². The summed E-state index contributed by atoms with van der Waals surface area (Å²) in [6.07, 6.45) is 7.06. The predicted octanol–water partition coefficient (Wildman–Crippen LogP) is 3.88. The van der Waals surface area contributed by atoms with E-state index in [0.29, 0.717) is 28.1 Å². The second kappa shape index (κ2) is 11.8. The number of pyridine rings is 1. The zero-order valence-electron chi connectivity index (χ0n) is 18.3. The number of fused-ring (bicyclic) bond motifs is 1. The first-order valence-corrected chi connectivity index (χ1v) is 12.0. The van der Waals surface area contributed by atoms with Gasteiger partial charge in [0.05, 0.1) is 16.9 Å². The number of aliphatic hydroxyl groups is 1. The molecule has 8 nitrogen and oxygen atoms in total. The fourth-order valence-electron chi connectivity index (χ4n) is 4.07. The molecule has 0 atom stereocenters. The monoisotopic (exact) mass is 484 g/mol. The van der Waals surface area contributed by atoms with Gasteiger partial charge in [0.15, 0.2) is 0 Å². The zero-order valence-corrected chi connectivity index (χ0v) is 19.1. The van der Waals surface area contributed by atoms with Crippen LogP contribution in [0.15, 0.2) is 35.8 Å². The van der Waals surface area contributed by atoms with Gasteiger partial charge in [0, 0.05) is 35.3 Å². The normalized spacial score (nSPS) is 13.8. The van der Waals surface area contributed by atoms with Crippen molar-refractivity contribution in [3.8, 4) is 5.75 Å². The molecule has 4 rings (SSSR count). The number of benzene rings is 1. The molecule has 1 saturated carbocycles. The molecule has 2 heterocycles. The first-order valence-electron chi connectivity index (χ1n) is 11.1. The second-order valence-corrected chi connectivity index (χ2v) is 9.01. The van der Waals surface area contributed by atoms with Gasteiger partial charge in [0.2, 0.25) is 0 Å². The minimum Gasteiger partial charge on any atom is -0.489 e. The number of aromatic nitrogens is 1. The van der Waals surface area contributed by atoms with Crippen molar-refractivity contribution in [3.63, 3.8) is 0 Å². The van der Waals surface area contributed by atoms with E-state index in [2.05, 4.69) is 15.6 Å². The SMILES string of the molecule is C.Nc1ncc(C(=O)NCCO)c2scc(COc3cccc(C(=O)NC4CCCCC4)c3)c12. The molecule has 9 heteroatoms. The van der Waals surface area contributed by atoms with Crippen LogP contribution in [0.3, 0.4) is 0 Å². The molecule has 3 aromatic rings. The van der Waals surface area contributed by atoms with Gasteiger partial charge in [-0.15, -0.1) is 11.3 Å². The second-order valence-electron chi connectivity index (χ2n) is 8.13. The Bertz CT molecular complexity index is 1140. The molecule has 0 saturated heterocycles. The Kier molecular flexibility index (Phi) is 8.84. The minimum absolute atomic E-state index is 0. The summed E-state index contributed by atoms with van der Waals surface area (Å²) in [5.74, 6) is 0.506. The van der Waals surface area contributed by atoms with Crippen molar-refractivity contribution in [2.45, 2.75) is 52.2 Å². The molecule has 1 aliphatic carbocycles. The van der Waals surface area contributed by atoms with Crippen molar-refractivity contribution in [2.24, 2.45) is 0 Å². The average molecular weight is 485 g/mol. The van der Waals surface area contributed by atoms with Gasteiger partial charge >= 0.3 is 0 Å². The van der Waals surface area contributed by atoms with Crippen LogP contribution in [0.5, 0.6) is 5.75 Å². The number of hydrogen-bond donors (Lipinski definition) is 4. The number of rotatable bonds is 8. The van der Waals surface area contributed by atoms with Crippen LogP contribution in [-0.4, -0.2) is 41.1 Å². The number of thiophene rings is 1. The van der Waals surface area contributed by atoms with Crippen LogP contribution in [0.1, 0.15) is 65.8 Å². The molecule has 2 amide bonds. The van der Waals surface area contributed by atoms with Crippen molar-refractivity contribution in [1.82, 2.24) is 15.6 Å². The maximum Gasteiger partial charge on any atom is 0.254 e. The molecular formula is C25H32N4O4S. The Morgan fingerprint density at radius 1 is 1.21 bits per heavy atom. The van der Waals surface area contributed by atoms with E-state index in [-0.39, 0.29) is 45.0 Å². The summed E-state index contributed by atoms with van der Waals surface area (Å²) in [6, 6.07) is 7.37. The number of aliphatic hydroxyl groups excluding tert-OH is 1. The lowest BCUT2D eigenvalue weighted by atomic mass is 9.95. The van der Waals surface area contributed by atoms with E-state index in [4.69, 9.17) is 15.6 Å². The van der Waals surface area contributed by atoms with Crippen molar-refractivity contribution < 1.29 is 19.4 Å². The standard InChI is InChI=1S/C24H28N4O4S.CH4/c25-22-20-16(14-33-21(20)19(12-27-22)24(31)26-9-10-29)13-32-18-8-4-5-15(11-18)23(30)28-17-6-2-1-3-7-17;/h4-5,8,11-12,14,17,29H,1-3,6-7,9-10,13H2,(H2,25,27)(H,26,31)(H,28,30);1H4. The molecule has 2 aromatic heterocycles. The van der Waals surface area contributed by atoms with Gasteiger partial charge < -0.3 is 26.2 Å². The quantitative estimate of drug-likeness (QED) is 0.384. The Morgan fingerprint density at radius 3 is 2.76 bits per heavy atom. The van der Waals surface area contributed by atoms with E-state index in [1.54, 1.807) is 24.3 Å². The summed E-state index contributed by atoms with van der Waals surface area (Å²) in [5.41, 5.74) is 7.90. The lowest BCUT2D eigenvalue weighted by molar-refractivity contribution is 0.0924.